The molecule has 6 heteroatoms. The van der Waals surface area contributed by atoms with Gasteiger partial charge < -0.3 is 15.4 Å². The van der Waals surface area contributed by atoms with Gasteiger partial charge in [-0.2, -0.15) is 0 Å². The lowest BCUT2D eigenvalue weighted by Crippen LogP contribution is -2.24. The van der Waals surface area contributed by atoms with Crippen LogP contribution < -0.4 is 5.32 Å². The Hall–Kier alpha value is -3.15. The highest BCUT2D eigenvalue weighted by atomic mass is 16.4. The van der Waals surface area contributed by atoms with Crippen molar-refractivity contribution < 1.29 is 14.7 Å². The quantitative estimate of drug-likeness (QED) is 0.577. The van der Waals surface area contributed by atoms with Crippen LogP contribution in [-0.2, 0) is 17.6 Å². The molecular weight excluding hydrogens is 318 g/mol. The molecule has 1 heterocycles. The zero-order chi connectivity index (χ0) is 17.6. The van der Waals surface area contributed by atoms with Crippen LogP contribution in [0.1, 0.15) is 28.2 Å². The number of amides is 1. The fourth-order valence-electron chi connectivity index (χ4n) is 2.63. The number of nitrogens with one attached hydrogen (secondary N) is 2. The summed E-state index contributed by atoms with van der Waals surface area (Å²) in [6.45, 7) is 0.548. The average Bonchev–Trinajstić information content (AvgIpc) is 3.01. The van der Waals surface area contributed by atoms with E-state index >= 15 is 0 Å². The van der Waals surface area contributed by atoms with E-state index in [1.807, 2.05) is 24.3 Å². The summed E-state index contributed by atoms with van der Waals surface area (Å²) in [5, 5.41) is 11.6. The van der Waals surface area contributed by atoms with Gasteiger partial charge in [-0.15, -0.1) is 0 Å². The first kappa shape index (κ1) is 16.7. The standard InChI is InChI=1S/C19H19N3O3/c23-18(24)12-13-7-9-14(10-8-13)19(25)20-11-3-6-17-21-15-4-1-2-5-16(15)22-17/h1-2,4-5,7-10H,3,6,11-12H2,(H,20,25)(H,21,22)(H,23,24). The highest BCUT2D eigenvalue weighted by Crippen LogP contribution is 2.11. The third-order valence-corrected chi connectivity index (χ3v) is 3.89. The van der Waals surface area contributed by atoms with Gasteiger partial charge in [0.2, 0.25) is 0 Å². The fraction of sp³-hybridized carbons (Fsp3) is 0.211. The first-order valence-electron chi connectivity index (χ1n) is 8.14. The number of imidazole rings is 1. The molecule has 3 N–H and O–H groups in total. The monoisotopic (exact) mass is 337 g/mol. The number of hydrogen-bond donors (Lipinski definition) is 3. The Morgan fingerprint density at radius 3 is 2.56 bits per heavy atom. The summed E-state index contributed by atoms with van der Waals surface area (Å²) >= 11 is 0. The molecule has 2 aromatic carbocycles. The lowest BCUT2D eigenvalue weighted by Gasteiger charge is -2.05. The van der Waals surface area contributed by atoms with Gasteiger partial charge in [0.05, 0.1) is 17.5 Å². The Balaban J connectivity index is 1.46. The first-order valence-corrected chi connectivity index (χ1v) is 8.14. The van der Waals surface area contributed by atoms with Crippen LogP contribution in [0.15, 0.2) is 48.5 Å². The second-order valence-electron chi connectivity index (χ2n) is 5.83. The average molecular weight is 337 g/mol. The molecule has 1 aromatic heterocycles. The molecule has 0 aliphatic carbocycles. The number of aromatic nitrogens is 2. The van der Waals surface area contributed by atoms with E-state index < -0.39 is 5.97 Å². The highest BCUT2D eigenvalue weighted by molar-refractivity contribution is 5.94. The number of fused-ring (bicyclic) bond motifs is 1. The van der Waals surface area contributed by atoms with Gasteiger partial charge in [0.15, 0.2) is 0 Å². The number of carboxylic acid groups (broad SMARTS) is 1. The minimum atomic E-state index is -0.886. The maximum atomic E-state index is 12.1. The van der Waals surface area contributed by atoms with Crippen molar-refractivity contribution in [2.45, 2.75) is 19.3 Å². The van der Waals surface area contributed by atoms with E-state index in [0.717, 1.165) is 29.7 Å². The lowest BCUT2D eigenvalue weighted by molar-refractivity contribution is -0.136. The van der Waals surface area contributed by atoms with E-state index in [2.05, 4.69) is 15.3 Å². The van der Waals surface area contributed by atoms with Gasteiger partial charge in [-0.3, -0.25) is 9.59 Å². The van der Waals surface area contributed by atoms with Gasteiger partial charge in [-0.05, 0) is 36.2 Å². The largest absolute Gasteiger partial charge is 0.481 e. The molecule has 25 heavy (non-hydrogen) atoms. The Labute approximate surface area is 144 Å². The smallest absolute Gasteiger partial charge is 0.307 e. The Morgan fingerprint density at radius 1 is 1.08 bits per heavy atom. The lowest BCUT2D eigenvalue weighted by atomic mass is 10.1. The molecule has 0 aliphatic rings. The van der Waals surface area contributed by atoms with E-state index in [1.165, 1.54) is 0 Å². The number of aliphatic carboxylic acids is 1. The molecule has 0 saturated carbocycles. The third kappa shape index (κ3) is 4.44. The predicted molar refractivity (Wildman–Crippen MR) is 94.5 cm³/mol. The number of para-hydroxylation sites is 2. The van der Waals surface area contributed by atoms with Crippen LogP contribution in [0.25, 0.3) is 11.0 Å². The number of carbonyl (C=O) groups is 2. The Kier molecular flexibility index (Phi) is 5.09. The van der Waals surface area contributed by atoms with Gasteiger partial charge in [-0.1, -0.05) is 24.3 Å². The first-order chi connectivity index (χ1) is 12.1. The highest BCUT2D eigenvalue weighted by Gasteiger charge is 2.07. The molecule has 6 nitrogen and oxygen atoms in total. The van der Waals surface area contributed by atoms with Crippen molar-refractivity contribution in [1.29, 1.82) is 0 Å². The van der Waals surface area contributed by atoms with Crippen molar-refractivity contribution >= 4 is 22.9 Å². The number of H-pyrrole nitrogens is 1. The number of carboxylic acids is 1. The molecule has 3 aromatic rings. The van der Waals surface area contributed by atoms with E-state index in [-0.39, 0.29) is 12.3 Å². The number of aryl methyl sites for hydroxylation is 1. The maximum Gasteiger partial charge on any atom is 0.307 e. The molecule has 0 atom stereocenters. The minimum absolute atomic E-state index is 0.0423. The number of hydrogen-bond acceptors (Lipinski definition) is 3. The Morgan fingerprint density at radius 2 is 1.84 bits per heavy atom. The molecule has 0 saturated heterocycles. The number of nitrogens with zero attached hydrogens (tertiary/aromatic N) is 1. The van der Waals surface area contributed by atoms with Crippen LogP contribution >= 0.6 is 0 Å². The van der Waals surface area contributed by atoms with Crippen molar-refractivity contribution in [3.05, 3.63) is 65.5 Å². The van der Waals surface area contributed by atoms with Crippen LogP contribution in [0, 0.1) is 0 Å². The van der Waals surface area contributed by atoms with Crippen LogP contribution in [-0.4, -0.2) is 33.5 Å². The second kappa shape index (κ2) is 7.61. The molecule has 0 radical (unpaired) electrons. The topological polar surface area (TPSA) is 95.1 Å². The molecule has 0 bridgehead atoms. The minimum Gasteiger partial charge on any atom is -0.481 e. The third-order valence-electron chi connectivity index (χ3n) is 3.89. The Bertz CT molecular complexity index is 851. The summed E-state index contributed by atoms with van der Waals surface area (Å²) in [4.78, 5) is 30.5. The van der Waals surface area contributed by atoms with Gasteiger partial charge >= 0.3 is 5.97 Å². The second-order valence-corrected chi connectivity index (χ2v) is 5.83. The van der Waals surface area contributed by atoms with Crippen LogP contribution in [0.4, 0.5) is 0 Å². The maximum absolute atomic E-state index is 12.1. The number of carbonyl (C=O) groups excluding carboxylic acids is 1. The molecule has 1 amide bonds. The fourth-order valence-corrected chi connectivity index (χ4v) is 2.63. The number of aromatic amines is 1. The summed E-state index contributed by atoms with van der Waals surface area (Å²) in [6.07, 6.45) is 1.49. The van der Waals surface area contributed by atoms with Gasteiger partial charge in [-0.25, -0.2) is 4.98 Å². The van der Waals surface area contributed by atoms with Gasteiger partial charge in [0, 0.05) is 18.5 Å². The van der Waals surface area contributed by atoms with Crippen molar-refractivity contribution in [2.75, 3.05) is 6.54 Å². The van der Waals surface area contributed by atoms with Crippen LogP contribution in [0.3, 0.4) is 0 Å². The molecule has 0 unspecified atom stereocenters. The molecule has 0 fully saturated rings. The van der Waals surface area contributed by atoms with Crippen LogP contribution in [0.2, 0.25) is 0 Å². The van der Waals surface area contributed by atoms with Crippen LogP contribution in [0.5, 0.6) is 0 Å². The van der Waals surface area contributed by atoms with Crippen molar-refractivity contribution in [3.63, 3.8) is 0 Å². The predicted octanol–water partition coefficient (Wildman–Crippen LogP) is 2.55. The zero-order valence-electron chi connectivity index (χ0n) is 13.7. The van der Waals surface area contributed by atoms with E-state index in [0.29, 0.717) is 17.7 Å². The molecule has 3 rings (SSSR count). The number of benzene rings is 2. The van der Waals surface area contributed by atoms with E-state index in [4.69, 9.17) is 5.11 Å². The van der Waals surface area contributed by atoms with Gasteiger partial charge in [0.25, 0.3) is 5.91 Å². The summed E-state index contributed by atoms with van der Waals surface area (Å²) < 4.78 is 0. The summed E-state index contributed by atoms with van der Waals surface area (Å²) in [5.41, 5.74) is 3.16. The molecular formula is C19H19N3O3. The SMILES string of the molecule is O=C(O)Cc1ccc(C(=O)NCCCc2nc3ccccc3[nH]2)cc1. The number of rotatable bonds is 7. The summed E-state index contributed by atoms with van der Waals surface area (Å²) in [7, 11) is 0. The summed E-state index contributed by atoms with van der Waals surface area (Å²) in [5.74, 6) is -0.136. The van der Waals surface area contributed by atoms with E-state index in [9.17, 15) is 9.59 Å². The molecule has 0 aliphatic heterocycles. The normalized spacial score (nSPS) is 10.7. The van der Waals surface area contributed by atoms with E-state index in [1.54, 1.807) is 24.3 Å². The van der Waals surface area contributed by atoms with Crippen molar-refractivity contribution in [3.8, 4) is 0 Å². The van der Waals surface area contributed by atoms with Crippen molar-refractivity contribution in [1.82, 2.24) is 15.3 Å². The molecule has 0 spiro atoms. The summed E-state index contributed by atoms with van der Waals surface area (Å²) in [6, 6.07) is 14.5. The van der Waals surface area contributed by atoms with Gasteiger partial charge in [0.1, 0.15) is 5.82 Å². The molecule has 128 valence electrons. The van der Waals surface area contributed by atoms with Crippen molar-refractivity contribution in [2.24, 2.45) is 0 Å². The zero-order valence-corrected chi connectivity index (χ0v) is 13.7.